The summed E-state index contributed by atoms with van der Waals surface area (Å²) in [5.74, 6) is 0.496. The molecule has 1 aliphatic carbocycles. The van der Waals surface area contributed by atoms with Gasteiger partial charge in [-0.15, -0.1) is 0 Å². The van der Waals surface area contributed by atoms with E-state index >= 15 is 0 Å². The second-order valence-electron chi connectivity index (χ2n) is 5.87. The first-order chi connectivity index (χ1) is 9.00. The van der Waals surface area contributed by atoms with E-state index in [1.165, 1.54) is 11.1 Å². The van der Waals surface area contributed by atoms with Gasteiger partial charge in [-0.1, -0.05) is 38.1 Å². The molecule has 0 fully saturated rings. The molecule has 19 heavy (non-hydrogen) atoms. The standard InChI is InChI=1S/C16H24N2O/c1-11(2)14(17)10-16(19)18(3)15-9-8-12-6-4-5-7-13(12)15/h4-7,11,14-15H,8-10,17H2,1-3H3. The summed E-state index contributed by atoms with van der Waals surface area (Å²) < 4.78 is 0. The third kappa shape index (κ3) is 2.98. The molecule has 2 rings (SSSR count). The maximum absolute atomic E-state index is 12.3. The van der Waals surface area contributed by atoms with Crippen LogP contribution < -0.4 is 5.73 Å². The van der Waals surface area contributed by atoms with Gasteiger partial charge in [-0.05, 0) is 29.9 Å². The van der Waals surface area contributed by atoms with Gasteiger partial charge in [0.15, 0.2) is 0 Å². The Balaban J connectivity index is 2.05. The Hall–Kier alpha value is -1.35. The van der Waals surface area contributed by atoms with E-state index in [-0.39, 0.29) is 18.0 Å². The van der Waals surface area contributed by atoms with E-state index in [1.807, 2.05) is 11.9 Å². The van der Waals surface area contributed by atoms with Crippen LogP contribution in [-0.4, -0.2) is 23.9 Å². The van der Waals surface area contributed by atoms with Crippen LogP contribution in [0.5, 0.6) is 0 Å². The fraction of sp³-hybridized carbons (Fsp3) is 0.562. The molecule has 2 unspecified atom stereocenters. The molecule has 2 N–H and O–H groups in total. The maximum Gasteiger partial charge on any atom is 0.224 e. The van der Waals surface area contributed by atoms with Gasteiger partial charge in [0.05, 0.1) is 6.04 Å². The molecule has 0 aliphatic heterocycles. The third-order valence-corrected chi connectivity index (χ3v) is 4.23. The molecule has 0 radical (unpaired) electrons. The van der Waals surface area contributed by atoms with Crippen molar-refractivity contribution in [1.29, 1.82) is 0 Å². The predicted molar refractivity (Wildman–Crippen MR) is 77.7 cm³/mol. The van der Waals surface area contributed by atoms with Gasteiger partial charge in [-0.25, -0.2) is 0 Å². The van der Waals surface area contributed by atoms with Crippen LogP contribution in [0.1, 0.15) is 43.9 Å². The molecule has 0 saturated heterocycles. The second-order valence-corrected chi connectivity index (χ2v) is 5.87. The first-order valence-corrected chi connectivity index (χ1v) is 7.09. The van der Waals surface area contributed by atoms with E-state index in [1.54, 1.807) is 0 Å². The molecule has 0 spiro atoms. The number of benzene rings is 1. The van der Waals surface area contributed by atoms with Gasteiger partial charge in [-0.2, -0.15) is 0 Å². The average Bonchev–Trinajstić information content (AvgIpc) is 2.81. The van der Waals surface area contributed by atoms with Crippen LogP contribution in [0.4, 0.5) is 0 Å². The van der Waals surface area contributed by atoms with Crippen LogP contribution in [0.25, 0.3) is 0 Å². The minimum atomic E-state index is -0.0494. The van der Waals surface area contributed by atoms with E-state index in [0.717, 1.165) is 12.8 Å². The summed E-state index contributed by atoms with van der Waals surface area (Å²) >= 11 is 0. The summed E-state index contributed by atoms with van der Waals surface area (Å²) in [6, 6.07) is 8.59. The molecule has 1 aliphatic rings. The number of hydrogen-bond donors (Lipinski definition) is 1. The quantitative estimate of drug-likeness (QED) is 0.904. The van der Waals surface area contributed by atoms with Gasteiger partial charge in [0.2, 0.25) is 5.91 Å². The van der Waals surface area contributed by atoms with Gasteiger partial charge >= 0.3 is 0 Å². The molecule has 1 amide bonds. The summed E-state index contributed by atoms with van der Waals surface area (Å²) in [6.45, 7) is 4.12. The molecular weight excluding hydrogens is 236 g/mol. The monoisotopic (exact) mass is 260 g/mol. The zero-order valence-electron chi connectivity index (χ0n) is 12.1. The lowest BCUT2D eigenvalue weighted by atomic mass is 10.0. The number of amides is 1. The highest BCUT2D eigenvalue weighted by Crippen LogP contribution is 2.35. The Morgan fingerprint density at radius 3 is 2.79 bits per heavy atom. The number of carbonyl (C=O) groups is 1. The summed E-state index contributed by atoms with van der Waals surface area (Å²) in [7, 11) is 1.90. The van der Waals surface area contributed by atoms with E-state index < -0.39 is 0 Å². The number of rotatable bonds is 4. The van der Waals surface area contributed by atoms with E-state index in [2.05, 4.69) is 38.1 Å². The minimum Gasteiger partial charge on any atom is -0.339 e. The summed E-state index contributed by atoms with van der Waals surface area (Å²) in [6.07, 6.45) is 2.53. The number of nitrogens with two attached hydrogens (primary N) is 1. The Morgan fingerprint density at radius 1 is 1.42 bits per heavy atom. The number of fused-ring (bicyclic) bond motifs is 1. The van der Waals surface area contributed by atoms with Crippen LogP contribution >= 0.6 is 0 Å². The maximum atomic E-state index is 12.3. The van der Waals surface area contributed by atoms with E-state index in [9.17, 15) is 4.79 Å². The first-order valence-electron chi connectivity index (χ1n) is 7.09. The van der Waals surface area contributed by atoms with Gasteiger partial charge in [0.25, 0.3) is 0 Å². The Bertz CT molecular complexity index is 456. The second kappa shape index (κ2) is 5.74. The Kier molecular flexibility index (Phi) is 4.25. The van der Waals surface area contributed by atoms with Gasteiger partial charge in [0, 0.05) is 19.5 Å². The van der Waals surface area contributed by atoms with E-state index in [4.69, 9.17) is 5.73 Å². The van der Waals surface area contributed by atoms with Gasteiger partial charge in [0.1, 0.15) is 0 Å². The summed E-state index contributed by atoms with van der Waals surface area (Å²) in [5, 5.41) is 0. The third-order valence-electron chi connectivity index (χ3n) is 4.23. The molecule has 3 heteroatoms. The molecular formula is C16H24N2O. The lowest BCUT2D eigenvalue weighted by molar-refractivity contribution is -0.132. The van der Waals surface area contributed by atoms with Crippen molar-refractivity contribution in [2.24, 2.45) is 11.7 Å². The lowest BCUT2D eigenvalue weighted by Gasteiger charge is -2.27. The van der Waals surface area contributed by atoms with Crippen molar-refractivity contribution < 1.29 is 4.79 Å². The molecule has 104 valence electrons. The number of aryl methyl sites for hydroxylation is 1. The van der Waals surface area contributed by atoms with Crippen molar-refractivity contribution in [2.45, 2.75) is 45.2 Å². The number of carbonyl (C=O) groups excluding carboxylic acids is 1. The van der Waals surface area contributed by atoms with E-state index in [0.29, 0.717) is 12.3 Å². The van der Waals surface area contributed by atoms with Crippen LogP contribution in [0.15, 0.2) is 24.3 Å². The zero-order chi connectivity index (χ0) is 14.0. The van der Waals surface area contributed by atoms with Crippen molar-refractivity contribution in [3.63, 3.8) is 0 Å². The fourth-order valence-electron chi connectivity index (χ4n) is 2.69. The Labute approximate surface area is 115 Å². The topological polar surface area (TPSA) is 46.3 Å². The SMILES string of the molecule is CC(C)C(N)CC(=O)N(C)C1CCc2ccccc21. The molecule has 0 saturated carbocycles. The summed E-state index contributed by atoms with van der Waals surface area (Å²) in [4.78, 5) is 14.2. The highest BCUT2D eigenvalue weighted by molar-refractivity contribution is 5.77. The normalized spacial score (nSPS) is 19.3. The smallest absolute Gasteiger partial charge is 0.224 e. The summed E-state index contributed by atoms with van der Waals surface area (Å²) in [5.41, 5.74) is 8.68. The molecule has 2 atom stereocenters. The van der Waals surface area contributed by atoms with Crippen LogP contribution in [0, 0.1) is 5.92 Å². The minimum absolute atomic E-state index is 0.0494. The predicted octanol–water partition coefficient (Wildman–Crippen LogP) is 2.51. The zero-order valence-corrected chi connectivity index (χ0v) is 12.1. The highest BCUT2D eigenvalue weighted by Gasteiger charge is 2.29. The van der Waals surface area contributed by atoms with Gasteiger partial charge in [-0.3, -0.25) is 4.79 Å². The van der Waals surface area contributed by atoms with Crippen molar-refractivity contribution in [2.75, 3.05) is 7.05 Å². The van der Waals surface area contributed by atoms with Crippen molar-refractivity contribution in [1.82, 2.24) is 4.90 Å². The molecule has 1 aromatic rings. The van der Waals surface area contributed by atoms with Crippen LogP contribution in [0.3, 0.4) is 0 Å². The van der Waals surface area contributed by atoms with Crippen molar-refractivity contribution in [3.05, 3.63) is 35.4 Å². The van der Waals surface area contributed by atoms with Crippen molar-refractivity contribution >= 4 is 5.91 Å². The van der Waals surface area contributed by atoms with Crippen LogP contribution in [-0.2, 0) is 11.2 Å². The molecule has 0 aromatic heterocycles. The number of hydrogen-bond acceptors (Lipinski definition) is 2. The molecule has 1 aromatic carbocycles. The fourth-order valence-corrected chi connectivity index (χ4v) is 2.69. The Morgan fingerprint density at radius 2 is 2.11 bits per heavy atom. The average molecular weight is 260 g/mol. The largest absolute Gasteiger partial charge is 0.339 e. The molecule has 0 heterocycles. The molecule has 3 nitrogen and oxygen atoms in total. The highest BCUT2D eigenvalue weighted by atomic mass is 16.2. The first kappa shape index (κ1) is 14.1. The van der Waals surface area contributed by atoms with Crippen molar-refractivity contribution in [3.8, 4) is 0 Å². The van der Waals surface area contributed by atoms with Gasteiger partial charge < -0.3 is 10.6 Å². The lowest BCUT2D eigenvalue weighted by Crippen LogP contribution is -2.37. The number of nitrogens with zero attached hydrogens (tertiary/aromatic N) is 1. The van der Waals surface area contributed by atoms with Crippen LogP contribution in [0.2, 0.25) is 0 Å². The molecule has 0 bridgehead atoms.